The second kappa shape index (κ2) is 4.94. The smallest absolute Gasteiger partial charge is 0.255 e. The molecule has 0 saturated carbocycles. The third kappa shape index (κ3) is 3.35. The number of hydrogen-bond donors (Lipinski definition) is 2. The van der Waals surface area contributed by atoms with Gasteiger partial charge in [-0.1, -0.05) is 11.6 Å². The number of carbonyl (C=O) groups excluding carboxylic acids is 1. The van der Waals surface area contributed by atoms with Crippen molar-refractivity contribution in [1.82, 2.24) is 0 Å². The van der Waals surface area contributed by atoms with E-state index in [1.165, 1.54) is 21.0 Å². The lowest BCUT2D eigenvalue weighted by molar-refractivity contribution is -0.130. The Morgan fingerprint density at radius 1 is 1.47 bits per heavy atom. The standard InChI is InChI=1S/C12H16ClNO3/c1-7-5-8(13)6-9(10(7)17-4)14-11(15)12(2,3)16/h5-6,16H,1-4H3,(H,14,15). The number of nitrogens with one attached hydrogen (secondary N) is 1. The molecule has 0 fully saturated rings. The average Bonchev–Trinajstić information content (AvgIpc) is 2.15. The number of halogens is 1. The molecular weight excluding hydrogens is 242 g/mol. The lowest BCUT2D eigenvalue weighted by atomic mass is 10.1. The second-order valence-corrected chi connectivity index (χ2v) is 4.75. The van der Waals surface area contributed by atoms with Gasteiger partial charge < -0.3 is 15.2 Å². The normalized spacial score (nSPS) is 11.2. The van der Waals surface area contributed by atoms with E-state index in [0.29, 0.717) is 16.5 Å². The minimum Gasteiger partial charge on any atom is -0.494 e. The second-order valence-electron chi connectivity index (χ2n) is 4.32. The van der Waals surface area contributed by atoms with Crippen LogP contribution in [0.3, 0.4) is 0 Å². The molecule has 2 N–H and O–H groups in total. The Morgan fingerprint density at radius 2 is 2.06 bits per heavy atom. The molecule has 0 aliphatic rings. The average molecular weight is 258 g/mol. The van der Waals surface area contributed by atoms with Gasteiger partial charge in [-0.25, -0.2) is 0 Å². The van der Waals surface area contributed by atoms with Crippen LogP contribution >= 0.6 is 11.6 Å². The van der Waals surface area contributed by atoms with E-state index in [0.717, 1.165) is 5.56 Å². The first-order valence-corrected chi connectivity index (χ1v) is 5.51. The molecule has 0 bridgehead atoms. The topological polar surface area (TPSA) is 58.6 Å². The number of benzene rings is 1. The first-order valence-electron chi connectivity index (χ1n) is 5.13. The maximum atomic E-state index is 11.7. The Hall–Kier alpha value is -1.26. The van der Waals surface area contributed by atoms with Crippen LogP contribution < -0.4 is 10.1 Å². The van der Waals surface area contributed by atoms with E-state index >= 15 is 0 Å². The van der Waals surface area contributed by atoms with Gasteiger partial charge in [-0.15, -0.1) is 0 Å². The van der Waals surface area contributed by atoms with Crippen molar-refractivity contribution in [3.8, 4) is 5.75 Å². The van der Waals surface area contributed by atoms with Crippen molar-refractivity contribution in [1.29, 1.82) is 0 Å². The van der Waals surface area contributed by atoms with Gasteiger partial charge in [-0.05, 0) is 38.5 Å². The Balaban J connectivity index is 3.10. The van der Waals surface area contributed by atoms with Crippen LogP contribution in [0.5, 0.6) is 5.75 Å². The number of amides is 1. The van der Waals surface area contributed by atoms with Crippen molar-refractivity contribution < 1.29 is 14.6 Å². The predicted octanol–water partition coefficient (Wildman–Crippen LogP) is 2.37. The lowest BCUT2D eigenvalue weighted by Gasteiger charge is -2.19. The fourth-order valence-corrected chi connectivity index (χ4v) is 1.64. The lowest BCUT2D eigenvalue weighted by Crippen LogP contribution is -2.36. The maximum Gasteiger partial charge on any atom is 0.255 e. The van der Waals surface area contributed by atoms with Crippen molar-refractivity contribution >= 4 is 23.2 Å². The van der Waals surface area contributed by atoms with Gasteiger partial charge in [0.1, 0.15) is 11.4 Å². The van der Waals surface area contributed by atoms with Crippen LogP contribution in [0.4, 0.5) is 5.69 Å². The summed E-state index contributed by atoms with van der Waals surface area (Å²) in [5, 5.41) is 12.6. The molecule has 0 spiro atoms. The van der Waals surface area contributed by atoms with E-state index < -0.39 is 11.5 Å². The number of carbonyl (C=O) groups is 1. The largest absolute Gasteiger partial charge is 0.494 e. The van der Waals surface area contributed by atoms with E-state index in [1.807, 2.05) is 6.92 Å². The van der Waals surface area contributed by atoms with Gasteiger partial charge in [0, 0.05) is 5.02 Å². The maximum absolute atomic E-state index is 11.7. The zero-order chi connectivity index (χ0) is 13.2. The Bertz CT molecular complexity index is 438. The molecule has 1 rings (SSSR count). The summed E-state index contributed by atoms with van der Waals surface area (Å²) in [7, 11) is 1.51. The quantitative estimate of drug-likeness (QED) is 0.874. The summed E-state index contributed by atoms with van der Waals surface area (Å²) in [4.78, 5) is 11.7. The molecule has 1 aromatic rings. The zero-order valence-corrected chi connectivity index (χ0v) is 11.1. The number of aliphatic hydroxyl groups is 1. The molecular formula is C12H16ClNO3. The van der Waals surface area contributed by atoms with Crippen LogP contribution in [-0.4, -0.2) is 23.7 Å². The molecule has 0 aliphatic carbocycles. The monoisotopic (exact) mass is 257 g/mol. The van der Waals surface area contributed by atoms with Crippen LogP contribution in [0, 0.1) is 6.92 Å². The van der Waals surface area contributed by atoms with Crippen molar-refractivity contribution in [2.75, 3.05) is 12.4 Å². The van der Waals surface area contributed by atoms with Gasteiger partial charge in [0.15, 0.2) is 0 Å². The van der Waals surface area contributed by atoms with Crippen LogP contribution in [0.15, 0.2) is 12.1 Å². The molecule has 0 heterocycles. The molecule has 0 saturated heterocycles. The van der Waals surface area contributed by atoms with Crippen molar-refractivity contribution in [3.63, 3.8) is 0 Å². The third-order valence-electron chi connectivity index (χ3n) is 2.25. The highest BCUT2D eigenvalue weighted by molar-refractivity contribution is 6.31. The number of aryl methyl sites for hydroxylation is 1. The van der Waals surface area contributed by atoms with Crippen molar-refractivity contribution in [2.45, 2.75) is 26.4 Å². The van der Waals surface area contributed by atoms with Crippen LogP contribution in [0.2, 0.25) is 5.02 Å². The SMILES string of the molecule is COc1c(C)cc(Cl)cc1NC(=O)C(C)(C)O. The Morgan fingerprint density at radius 3 is 2.53 bits per heavy atom. The van der Waals surface area contributed by atoms with Gasteiger partial charge in [0.05, 0.1) is 12.8 Å². The highest BCUT2D eigenvalue weighted by Gasteiger charge is 2.25. The van der Waals surface area contributed by atoms with Gasteiger partial charge in [0.2, 0.25) is 0 Å². The number of methoxy groups -OCH3 is 1. The first kappa shape index (κ1) is 13.8. The number of hydrogen-bond acceptors (Lipinski definition) is 3. The number of ether oxygens (including phenoxy) is 1. The van der Waals surface area contributed by atoms with E-state index in [4.69, 9.17) is 16.3 Å². The highest BCUT2D eigenvalue weighted by Crippen LogP contribution is 2.32. The van der Waals surface area contributed by atoms with Gasteiger partial charge in [-0.3, -0.25) is 4.79 Å². The molecule has 4 nitrogen and oxygen atoms in total. The van der Waals surface area contributed by atoms with E-state index in [9.17, 15) is 9.90 Å². The summed E-state index contributed by atoms with van der Waals surface area (Å²) in [5.74, 6) is 0.0180. The van der Waals surface area contributed by atoms with E-state index in [2.05, 4.69) is 5.32 Å². The van der Waals surface area contributed by atoms with Crippen LogP contribution in [0.25, 0.3) is 0 Å². The molecule has 0 unspecified atom stereocenters. The number of anilines is 1. The minimum absolute atomic E-state index is 0.449. The summed E-state index contributed by atoms with van der Waals surface area (Å²) in [6.07, 6.45) is 0. The highest BCUT2D eigenvalue weighted by atomic mass is 35.5. The molecule has 5 heteroatoms. The van der Waals surface area contributed by atoms with Gasteiger partial charge in [-0.2, -0.15) is 0 Å². The molecule has 1 aromatic carbocycles. The Labute approximate surface area is 106 Å². The van der Waals surface area contributed by atoms with Gasteiger partial charge in [0.25, 0.3) is 5.91 Å². The molecule has 0 atom stereocenters. The summed E-state index contributed by atoms with van der Waals surface area (Å²) >= 11 is 5.91. The zero-order valence-electron chi connectivity index (χ0n) is 10.3. The molecule has 0 aromatic heterocycles. The Kier molecular flexibility index (Phi) is 4.01. The third-order valence-corrected chi connectivity index (χ3v) is 2.47. The molecule has 17 heavy (non-hydrogen) atoms. The summed E-state index contributed by atoms with van der Waals surface area (Å²) in [6, 6.07) is 3.32. The fourth-order valence-electron chi connectivity index (χ4n) is 1.37. The number of rotatable bonds is 3. The predicted molar refractivity (Wildman–Crippen MR) is 67.7 cm³/mol. The van der Waals surface area contributed by atoms with E-state index in [-0.39, 0.29) is 0 Å². The fraction of sp³-hybridized carbons (Fsp3) is 0.417. The van der Waals surface area contributed by atoms with Crippen molar-refractivity contribution in [3.05, 3.63) is 22.7 Å². The van der Waals surface area contributed by atoms with E-state index in [1.54, 1.807) is 12.1 Å². The molecule has 0 aliphatic heterocycles. The summed E-state index contributed by atoms with van der Waals surface area (Å²) < 4.78 is 5.19. The first-order chi connectivity index (χ1) is 7.75. The summed E-state index contributed by atoms with van der Waals surface area (Å²) in [5.41, 5.74) is -0.197. The summed E-state index contributed by atoms with van der Waals surface area (Å²) in [6.45, 7) is 4.64. The van der Waals surface area contributed by atoms with Gasteiger partial charge >= 0.3 is 0 Å². The molecule has 94 valence electrons. The minimum atomic E-state index is -1.46. The van der Waals surface area contributed by atoms with Crippen LogP contribution in [0.1, 0.15) is 19.4 Å². The van der Waals surface area contributed by atoms with Crippen LogP contribution in [-0.2, 0) is 4.79 Å². The molecule has 0 radical (unpaired) electrons. The van der Waals surface area contributed by atoms with Crippen molar-refractivity contribution in [2.24, 2.45) is 0 Å². The molecule has 1 amide bonds.